The summed E-state index contributed by atoms with van der Waals surface area (Å²) in [6.07, 6.45) is 6.65. The minimum Gasteiger partial charge on any atom is -0.364 e. The number of imidazole rings is 2. The third-order valence-electron chi connectivity index (χ3n) is 4.60. The van der Waals surface area contributed by atoms with E-state index in [1.54, 1.807) is 18.9 Å². The number of halogens is 1. The van der Waals surface area contributed by atoms with E-state index in [4.69, 9.17) is 16.6 Å². The van der Waals surface area contributed by atoms with E-state index >= 15 is 0 Å². The van der Waals surface area contributed by atoms with Crippen LogP contribution in [0.4, 0.5) is 5.82 Å². The first kappa shape index (κ1) is 16.6. The van der Waals surface area contributed by atoms with E-state index in [2.05, 4.69) is 36.3 Å². The number of hydrogen-bond acceptors (Lipinski definition) is 6. The molecule has 0 aliphatic rings. The first-order valence-electron chi connectivity index (χ1n) is 8.63. The van der Waals surface area contributed by atoms with Crippen LogP contribution in [0, 0.1) is 0 Å². The average molecular weight is 391 g/mol. The standard InChI is InChI=1S/C19H15ClN8/c1-28-10-21-7-14(28)16-12(5-11-3-2-4-13(20)15(11)27-16)6-22-18-17-19(24-8-23-17)26-9-25-18/h2-5,7-10H,6H2,1H3,(H2,22,23,24,25,26). The van der Waals surface area contributed by atoms with E-state index in [0.717, 1.165) is 33.4 Å². The molecule has 0 aliphatic carbocycles. The van der Waals surface area contributed by atoms with Crippen LogP contribution in [-0.4, -0.2) is 34.5 Å². The van der Waals surface area contributed by atoms with E-state index in [0.29, 0.717) is 23.0 Å². The van der Waals surface area contributed by atoms with Crippen LogP contribution in [0.2, 0.25) is 5.02 Å². The zero-order valence-electron chi connectivity index (χ0n) is 14.9. The van der Waals surface area contributed by atoms with Crippen molar-refractivity contribution in [2.45, 2.75) is 6.54 Å². The summed E-state index contributed by atoms with van der Waals surface area (Å²) in [7, 11) is 1.94. The molecule has 0 saturated carbocycles. The lowest BCUT2D eigenvalue weighted by Gasteiger charge is -2.13. The number of para-hydroxylation sites is 1. The summed E-state index contributed by atoms with van der Waals surface area (Å²) < 4.78 is 1.94. The van der Waals surface area contributed by atoms with Gasteiger partial charge >= 0.3 is 0 Å². The number of benzene rings is 1. The van der Waals surface area contributed by atoms with Crippen LogP contribution in [0.5, 0.6) is 0 Å². The topological polar surface area (TPSA) is 97.2 Å². The quantitative estimate of drug-likeness (QED) is 0.487. The lowest BCUT2D eigenvalue weighted by Crippen LogP contribution is -2.06. The summed E-state index contributed by atoms with van der Waals surface area (Å²) in [5.41, 5.74) is 4.89. The Morgan fingerprint density at radius 1 is 1.21 bits per heavy atom. The molecule has 9 heteroatoms. The molecule has 1 aromatic carbocycles. The number of nitrogens with zero attached hydrogens (tertiary/aromatic N) is 6. The zero-order valence-corrected chi connectivity index (χ0v) is 15.6. The van der Waals surface area contributed by atoms with Crippen LogP contribution < -0.4 is 5.32 Å². The van der Waals surface area contributed by atoms with Gasteiger partial charge < -0.3 is 14.9 Å². The van der Waals surface area contributed by atoms with Crippen LogP contribution in [0.15, 0.2) is 49.4 Å². The van der Waals surface area contributed by atoms with Crippen molar-refractivity contribution in [3.8, 4) is 11.4 Å². The predicted octanol–water partition coefficient (Wildman–Crippen LogP) is 3.57. The number of hydrogen-bond donors (Lipinski definition) is 2. The SMILES string of the molecule is Cn1cncc1-c1nc2c(Cl)cccc2cc1CNc1ncnc2nc[nH]c12. The van der Waals surface area contributed by atoms with Gasteiger partial charge in [-0.05, 0) is 17.7 Å². The second-order valence-electron chi connectivity index (χ2n) is 6.37. The molecule has 8 nitrogen and oxygen atoms in total. The van der Waals surface area contributed by atoms with Gasteiger partial charge in [0.2, 0.25) is 0 Å². The molecule has 0 amide bonds. The predicted molar refractivity (Wildman–Crippen MR) is 108 cm³/mol. The molecular weight excluding hydrogens is 376 g/mol. The zero-order chi connectivity index (χ0) is 19.1. The number of H-pyrrole nitrogens is 1. The van der Waals surface area contributed by atoms with E-state index in [9.17, 15) is 0 Å². The Hall–Kier alpha value is -3.52. The molecule has 0 atom stereocenters. The summed E-state index contributed by atoms with van der Waals surface area (Å²) in [6, 6.07) is 7.86. The fourth-order valence-electron chi connectivity index (χ4n) is 3.23. The Bertz CT molecular complexity index is 1310. The minimum atomic E-state index is 0.515. The average Bonchev–Trinajstić information content (AvgIpc) is 3.35. The van der Waals surface area contributed by atoms with Gasteiger partial charge in [-0.15, -0.1) is 0 Å². The number of anilines is 1. The molecular formula is C19H15ClN8. The lowest BCUT2D eigenvalue weighted by atomic mass is 10.1. The highest BCUT2D eigenvalue weighted by Crippen LogP contribution is 2.29. The van der Waals surface area contributed by atoms with Gasteiger partial charge in [0.15, 0.2) is 11.5 Å². The van der Waals surface area contributed by atoms with E-state index in [1.165, 1.54) is 6.33 Å². The highest BCUT2D eigenvalue weighted by atomic mass is 35.5. The van der Waals surface area contributed by atoms with Crippen LogP contribution in [0.1, 0.15) is 5.56 Å². The number of aryl methyl sites for hydroxylation is 1. The minimum absolute atomic E-state index is 0.515. The molecule has 2 N–H and O–H groups in total. The third-order valence-corrected chi connectivity index (χ3v) is 4.91. The monoisotopic (exact) mass is 390 g/mol. The number of fused-ring (bicyclic) bond motifs is 2. The second kappa shape index (κ2) is 6.58. The highest BCUT2D eigenvalue weighted by Gasteiger charge is 2.15. The van der Waals surface area contributed by atoms with Gasteiger partial charge in [-0.2, -0.15) is 0 Å². The van der Waals surface area contributed by atoms with Gasteiger partial charge in [-0.25, -0.2) is 24.9 Å². The molecule has 0 saturated heterocycles. The van der Waals surface area contributed by atoms with E-state index in [1.807, 2.05) is 29.8 Å². The Morgan fingerprint density at radius 3 is 3.00 bits per heavy atom. The van der Waals surface area contributed by atoms with Gasteiger partial charge in [0.1, 0.15) is 11.8 Å². The normalized spacial score (nSPS) is 11.4. The van der Waals surface area contributed by atoms with Crippen molar-refractivity contribution in [2.75, 3.05) is 5.32 Å². The maximum absolute atomic E-state index is 6.38. The Balaban J connectivity index is 1.61. The third kappa shape index (κ3) is 2.74. The second-order valence-corrected chi connectivity index (χ2v) is 6.78. The summed E-state index contributed by atoms with van der Waals surface area (Å²) in [6.45, 7) is 0.515. The van der Waals surface area contributed by atoms with Crippen LogP contribution in [0.3, 0.4) is 0 Å². The fraction of sp³-hybridized carbons (Fsp3) is 0.105. The molecule has 5 aromatic rings. The van der Waals surface area contributed by atoms with Crippen molar-refractivity contribution in [2.24, 2.45) is 7.05 Å². The lowest BCUT2D eigenvalue weighted by molar-refractivity contribution is 0.913. The van der Waals surface area contributed by atoms with Crippen LogP contribution >= 0.6 is 11.6 Å². The van der Waals surface area contributed by atoms with Gasteiger partial charge in [0.25, 0.3) is 0 Å². The first-order valence-corrected chi connectivity index (χ1v) is 9.01. The van der Waals surface area contributed by atoms with Crippen molar-refractivity contribution in [1.82, 2.24) is 34.5 Å². The highest BCUT2D eigenvalue weighted by molar-refractivity contribution is 6.35. The van der Waals surface area contributed by atoms with E-state index < -0.39 is 0 Å². The number of aromatic amines is 1. The summed E-state index contributed by atoms with van der Waals surface area (Å²) in [5.74, 6) is 0.685. The Labute approximate surface area is 164 Å². The molecule has 4 heterocycles. The molecule has 0 fully saturated rings. The summed E-state index contributed by atoms with van der Waals surface area (Å²) in [5, 5.41) is 4.96. The number of nitrogens with one attached hydrogen (secondary N) is 2. The van der Waals surface area contributed by atoms with Crippen molar-refractivity contribution in [1.29, 1.82) is 0 Å². The summed E-state index contributed by atoms with van der Waals surface area (Å²) >= 11 is 6.38. The molecule has 5 rings (SSSR count). The molecule has 0 spiro atoms. The van der Waals surface area contributed by atoms with Gasteiger partial charge in [0, 0.05) is 19.0 Å². The van der Waals surface area contributed by atoms with E-state index in [-0.39, 0.29) is 0 Å². The molecule has 28 heavy (non-hydrogen) atoms. The van der Waals surface area contributed by atoms with Crippen molar-refractivity contribution >= 4 is 39.5 Å². The molecule has 0 unspecified atom stereocenters. The molecule has 0 radical (unpaired) electrons. The van der Waals surface area contributed by atoms with Crippen molar-refractivity contribution < 1.29 is 0 Å². The van der Waals surface area contributed by atoms with Gasteiger partial charge in [-0.3, -0.25) is 0 Å². The number of pyridine rings is 1. The van der Waals surface area contributed by atoms with Crippen LogP contribution in [-0.2, 0) is 13.6 Å². The van der Waals surface area contributed by atoms with Crippen molar-refractivity contribution in [3.05, 3.63) is 60.0 Å². The summed E-state index contributed by atoms with van der Waals surface area (Å²) in [4.78, 5) is 24.8. The molecule has 4 aromatic heterocycles. The Kier molecular flexibility index (Phi) is 3.91. The first-order chi connectivity index (χ1) is 13.7. The Morgan fingerprint density at radius 2 is 2.14 bits per heavy atom. The largest absolute Gasteiger partial charge is 0.364 e. The van der Waals surface area contributed by atoms with Crippen LogP contribution in [0.25, 0.3) is 33.5 Å². The number of aromatic nitrogens is 7. The number of rotatable bonds is 4. The molecule has 0 aliphatic heterocycles. The maximum Gasteiger partial charge on any atom is 0.182 e. The van der Waals surface area contributed by atoms with Crippen molar-refractivity contribution in [3.63, 3.8) is 0 Å². The fourth-order valence-corrected chi connectivity index (χ4v) is 3.45. The smallest absolute Gasteiger partial charge is 0.182 e. The van der Waals surface area contributed by atoms with Gasteiger partial charge in [0.05, 0.1) is 40.8 Å². The van der Waals surface area contributed by atoms with Gasteiger partial charge in [-0.1, -0.05) is 23.7 Å². The molecule has 0 bridgehead atoms. The molecule has 138 valence electrons. The maximum atomic E-state index is 6.38.